The summed E-state index contributed by atoms with van der Waals surface area (Å²) in [6.07, 6.45) is 0.878. The third-order valence-electron chi connectivity index (χ3n) is 4.13. The van der Waals surface area contributed by atoms with E-state index in [1.807, 2.05) is 41.5 Å². The summed E-state index contributed by atoms with van der Waals surface area (Å²) >= 11 is 0. The molecule has 2 unspecified atom stereocenters. The monoisotopic (exact) mass is 338 g/mol. The van der Waals surface area contributed by atoms with Crippen LogP contribution in [0.15, 0.2) is 22.8 Å². The number of furan rings is 1. The maximum Gasteiger partial charge on any atom is 0.287 e. The molecule has 1 heterocycles. The zero-order valence-electron chi connectivity index (χ0n) is 15.4. The summed E-state index contributed by atoms with van der Waals surface area (Å²) in [5.41, 5.74) is -0.462. The molecule has 0 saturated heterocycles. The Morgan fingerprint density at radius 2 is 1.83 bits per heavy atom. The van der Waals surface area contributed by atoms with Gasteiger partial charge < -0.3 is 20.2 Å². The lowest BCUT2D eigenvalue weighted by Gasteiger charge is -2.34. The summed E-state index contributed by atoms with van der Waals surface area (Å²) in [5.74, 6) is -0.508. The molecule has 0 aromatic carbocycles. The summed E-state index contributed by atoms with van der Waals surface area (Å²) in [5, 5.41) is 15.8. The molecule has 0 aliphatic heterocycles. The molecule has 0 aliphatic rings. The van der Waals surface area contributed by atoms with E-state index < -0.39 is 23.5 Å². The van der Waals surface area contributed by atoms with Crippen LogP contribution in [0.1, 0.15) is 52.1 Å². The highest BCUT2D eigenvalue weighted by atomic mass is 16.3. The van der Waals surface area contributed by atoms with Crippen molar-refractivity contribution in [3.63, 3.8) is 0 Å². The van der Waals surface area contributed by atoms with Crippen molar-refractivity contribution in [3.05, 3.63) is 24.2 Å². The molecule has 1 aromatic heterocycles. The Labute approximate surface area is 144 Å². The van der Waals surface area contributed by atoms with Gasteiger partial charge in [0.05, 0.1) is 12.4 Å². The molecular formula is C18H30N2O4. The average Bonchev–Trinajstić information content (AvgIpc) is 3.03. The van der Waals surface area contributed by atoms with Crippen LogP contribution in [0.25, 0.3) is 0 Å². The zero-order chi connectivity index (χ0) is 18.5. The molecule has 1 rings (SSSR count). The second kappa shape index (κ2) is 8.33. The molecule has 1 aromatic rings. The fraction of sp³-hybridized carbons (Fsp3) is 0.667. The molecule has 3 N–H and O–H groups in total. The third kappa shape index (κ3) is 5.37. The average molecular weight is 338 g/mol. The highest BCUT2D eigenvalue weighted by Gasteiger charge is 2.32. The van der Waals surface area contributed by atoms with Gasteiger partial charge in [0.1, 0.15) is 6.04 Å². The number of carbonyl (C=O) groups excluding carboxylic acids is 2. The summed E-state index contributed by atoms with van der Waals surface area (Å²) < 4.78 is 5.05. The quantitative estimate of drug-likeness (QED) is 0.677. The highest BCUT2D eigenvalue weighted by molar-refractivity contribution is 5.95. The lowest BCUT2D eigenvalue weighted by Crippen LogP contribution is -2.52. The van der Waals surface area contributed by atoms with E-state index in [9.17, 15) is 14.7 Å². The van der Waals surface area contributed by atoms with E-state index in [0.717, 1.165) is 0 Å². The summed E-state index contributed by atoms with van der Waals surface area (Å²) in [6, 6.07) is 2.50. The summed E-state index contributed by atoms with van der Waals surface area (Å²) in [7, 11) is 0. The Bertz CT molecular complexity index is 535. The summed E-state index contributed by atoms with van der Waals surface area (Å²) in [4.78, 5) is 24.6. The van der Waals surface area contributed by atoms with Crippen molar-refractivity contribution in [3.8, 4) is 0 Å². The predicted molar refractivity (Wildman–Crippen MR) is 92.4 cm³/mol. The third-order valence-corrected chi connectivity index (χ3v) is 4.13. The van der Waals surface area contributed by atoms with Crippen LogP contribution in [-0.2, 0) is 4.79 Å². The van der Waals surface area contributed by atoms with Crippen LogP contribution in [0.5, 0.6) is 0 Å². The van der Waals surface area contributed by atoms with Crippen LogP contribution >= 0.6 is 0 Å². The van der Waals surface area contributed by atoms with E-state index in [2.05, 4.69) is 10.6 Å². The first-order valence-electron chi connectivity index (χ1n) is 8.36. The van der Waals surface area contributed by atoms with Crippen LogP contribution in [0.4, 0.5) is 0 Å². The van der Waals surface area contributed by atoms with Crippen LogP contribution in [-0.4, -0.2) is 35.6 Å². The smallest absolute Gasteiger partial charge is 0.287 e. The number of rotatable bonds is 8. The molecule has 6 heteroatoms. The van der Waals surface area contributed by atoms with E-state index in [0.29, 0.717) is 6.54 Å². The van der Waals surface area contributed by atoms with E-state index >= 15 is 0 Å². The van der Waals surface area contributed by atoms with Crippen molar-refractivity contribution >= 4 is 11.8 Å². The molecule has 0 spiro atoms. The van der Waals surface area contributed by atoms with Crippen molar-refractivity contribution in [1.82, 2.24) is 10.6 Å². The van der Waals surface area contributed by atoms with E-state index in [-0.39, 0.29) is 23.5 Å². The van der Waals surface area contributed by atoms with Gasteiger partial charge in [0.2, 0.25) is 5.91 Å². The van der Waals surface area contributed by atoms with E-state index in [4.69, 9.17) is 4.42 Å². The molecule has 0 fully saturated rings. The fourth-order valence-electron chi connectivity index (χ4n) is 2.59. The van der Waals surface area contributed by atoms with Gasteiger partial charge in [-0.2, -0.15) is 0 Å². The maximum atomic E-state index is 12.5. The Morgan fingerprint density at radius 3 is 2.29 bits per heavy atom. The van der Waals surface area contributed by atoms with Crippen molar-refractivity contribution in [2.75, 3.05) is 6.54 Å². The SMILES string of the molecule is CC(C)C(NC(=O)c1ccco1)C(=O)NCC(C)(C)C(O)C(C)C. The van der Waals surface area contributed by atoms with Crippen molar-refractivity contribution in [1.29, 1.82) is 0 Å². The van der Waals surface area contributed by atoms with Crippen molar-refractivity contribution in [2.24, 2.45) is 17.3 Å². The first kappa shape index (κ1) is 20.2. The predicted octanol–water partition coefficient (Wildman–Crippen LogP) is 2.19. The molecule has 2 amide bonds. The molecule has 24 heavy (non-hydrogen) atoms. The fourth-order valence-corrected chi connectivity index (χ4v) is 2.59. The number of aliphatic hydroxyl groups excluding tert-OH is 1. The molecule has 2 atom stereocenters. The minimum absolute atomic E-state index is 0.0814. The van der Waals surface area contributed by atoms with Gasteiger partial charge in [-0.3, -0.25) is 9.59 Å². The Hall–Kier alpha value is -1.82. The second-order valence-electron chi connectivity index (χ2n) is 7.57. The number of amides is 2. The topological polar surface area (TPSA) is 91.6 Å². The highest BCUT2D eigenvalue weighted by Crippen LogP contribution is 2.25. The van der Waals surface area contributed by atoms with Gasteiger partial charge in [-0.1, -0.05) is 41.5 Å². The van der Waals surface area contributed by atoms with E-state index in [1.165, 1.54) is 6.26 Å². The molecule has 0 saturated carbocycles. The normalized spacial score (nSPS) is 14.5. The number of hydrogen-bond acceptors (Lipinski definition) is 4. The number of carbonyl (C=O) groups is 2. The van der Waals surface area contributed by atoms with Gasteiger partial charge in [0.25, 0.3) is 5.91 Å². The Kier molecular flexibility index (Phi) is 7.02. The van der Waals surface area contributed by atoms with Crippen molar-refractivity contribution in [2.45, 2.75) is 53.7 Å². The van der Waals surface area contributed by atoms with Gasteiger partial charge in [0.15, 0.2) is 5.76 Å². The minimum Gasteiger partial charge on any atom is -0.459 e. The zero-order valence-corrected chi connectivity index (χ0v) is 15.4. The van der Waals surface area contributed by atoms with Crippen LogP contribution < -0.4 is 10.6 Å². The number of hydrogen-bond donors (Lipinski definition) is 3. The Balaban J connectivity index is 2.69. The summed E-state index contributed by atoms with van der Waals surface area (Å²) in [6.45, 7) is 11.7. The van der Waals surface area contributed by atoms with Gasteiger partial charge >= 0.3 is 0 Å². The minimum atomic E-state index is -0.672. The lowest BCUT2D eigenvalue weighted by atomic mass is 9.80. The number of nitrogens with one attached hydrogen (secondary N) is 2. The molecule has 0 aliphatic carbocycles. The van der Waals surface area contributed by atoms with Gasteiger partial charge in [0, 0.05) is 12.0 Å². The van der Waals surface area contributed by atoms with Crippen LogP contribution in [0.3, 0.4) is 0 Å². The largest absolute Gasteiger partial charge is 0.459 e. The molecular weight excluding hydrogens is 308 g/mol. The lowest BCUT2D eigenvalue weighted by molar-refractivity contribution is -0.125. The van der Waals surface area contributed by atoms with Crippen molar-refractivity contribution < 1.29 is 19.1 Å². The maximum absolute atomic E-state index is 12.5. The van der Waals surface area contributed by atoms with Gasteiger partial charge in [-0.15, -0.1) is 0 Å². The second-order valence-corrected chi connectivity index (χ2v) is 7.57. The first-order valence-corrected chi connectivity index (χ1v) is 8.36. The van der Waals surface area contributed by atoms with Gasteiger partial charge in [-0.05, 0) is 24.0 Å². The van der Waals surface area contributed by atoms with Crippen LogP contribution in [0, 0.1) is 17.3 Å². The molecule has 6 nitrogen and oxygen atoms in total. The number of aliphatic hydroxyl groups is 1. The molecule has 0 bridgehead atoms. The standard InChI is InChI=1S/C18H30N2O4/c1-11(2)14(20-16(22)13-8-7-9-24-13)17(23)19-10-18(5,6)15(21)12(3)4/h7-9,11-12,14-15,21H,10H2,1-6H3,(H,19,23)(H,20,22). The van der Waals surface area contributed by atoms with E-state index in [1.54, 1.807) is 12.1 Å². The van der Waals surface area contributed by atoms with Gasteiger partial charge in [-0.25, -0.2) is 0 Å². The Morgan fingerprint density at radius 1 is 1.21 bits per heavy atom. The van der Waals surface area contributed by atoms with Crippen LogP contribution in [0.2, 0.25) is 0 Å². The molecule has 0 radical (unpaired) electrons. The molecule has 136 valence electrons. The first-order chi connectivity index (χ1) is 11.1.